The van der Waals surface area contributed by atoms with Crippen LogP contribution in [0.15, 0.2) is 46.6 Å². The number of nitriles is 1. The van der Waals surface area contributed by atoms with E-state index in [0.29, 0.717) is 18.2 Å². The van der Waals surface area contributed by atoms with Crippen LogP contribution in [0.3, 0.4) is 0 Å². The van der Waals surface area contributed by atoms with E-state index in [-0.39, 0.29) is 5.32 Å². The number of non-ortho nitro benzene ring substituents is 1. The number of halogens is 29. The maximum Gasteiger partial charge on any atom is 0.460 e. The number of carbonyl (C=O) groups is 1. The Labute approximate surface area is 346 Å². The molecule has 0 unspecified atom stereocenters. The van der Waals surface area contributed by atoms with E-state index in [2.05, 4.69) is 10.2 Å². The van der Waals surface area contributed by atoms with Crippen molar-refractivity contribution in [1.82, 2.24) is 0 Å². The van der Waals surface area contributed by atoms with Crippen LogP contribution in [0.4, 0.5) is 156 Å². The summed E-state index contributed by atoms with van der Waals surface area (Å²) < 4.78 is 397. The first-order valence-electron chi connectivity index (χ1n) is 15.7. The Morgan fingerprint density at radius 1 is 0.552 bits per heavy atom. The number of carbonyl (C=O) groups excluding carboxylic acids is 1. The fraction of sp³-hybridized carbons (Fsp3) is 0.517. The minimum atomic E-state index is -9.05. The van der Waals surface area contributed by atoms with Gasteiger partial charge >= 0.3 is 83.7 Å². The topological polar surface area (TPSA) is 124 Å². The van der Waals surface area contributed by atoms with Gasteiger partial charge in [-0.2, -0.15) is 133 Å². The molecule has 2 aromatic rings. The molecule has 0 bridgehead atoms. The van der Waals surface area contributed by atoms with Crippen molar-refractivity contribution in [2.75, 3.05) is 23.3 Å². The molecular weight excluding hydrogens is 1030 g/mol. The van der Waals surface area contributed by atoms with Gasteiger partial charge in [-0.1, -0.05) is 0 Å². The highest BCUT2D eigenvalue weighted by Gasteiger charge is 2.94. The smallest absolute Gasteiger partial charge is 0.359 e. The second kappa shape index (κ2) is 17.0. The maximum absolute atomic E-state index is 14.8. The van der Waals surface area contributed by atoms with E-state index in [4.69, 9.17) is 0 Å². The lowest BCUT2D eigenvalue weighted by atomic mass is 9.90. The Morgan fingerprint density at radius 2 is 0.925 bits per heavy atom. The zero-order valence-corrected chi connectivity index (χ0v) is 30.3. The van der Waals surface area contributed by atoms with Crippen LogP contribution in [0, 0.1) is 21.4 Å². The molecule has 0 aliphatic heterocycles. The van der Waals surface area contributed by atoms with Crippen LogP contribution in [-0.4, -0.2) is 102 Å². The Morgan fingerprint density at radius 3 is 1.31 bits per heavy atom. The number of hydrogen-bond donors (Lipinski definition) is 1. The lowest BCUT2D eigenvalue weighted by Crippen LogP contribution is -2.73. The van der Waals surface area contributed by atoms with Crippen molar-refractivity contribution in [2.45, 2.75) is 77.8 Å². The van der Waals surface area contributed by atoms with Crippen molar-refractivity contribution in [1.29, 1.82) is 5.26 Å². The first-order chi connectivity index (χ1) is 29.4. The molecule has 0 aliphatic rings. The predicted octanol–water partition coefficient (Wildman–Crippen LogP) is 12.7. The summed E-state index contributed by atoms with van der Waals surface area (Å²) in [6.07, 6.45) is -23.1. The van der Waals surface area contributed by atoms with E-state index in [9.17, 15) is 147 Å². The molecular formula is C29H11F29N6O3. The van der Waals surface area contributed by atoms with E-state index < -0.39 is 159 Å². The number of benzene rings is 2. The first kappa shape index (κ1) is 57.3. The van der Waals surface area contributed by atoms with Gasteiger partial charge in [0.1, 0.15) is 17.4 Å². The summed E-state index contributed by atoms with van der Waals surface area (Å²) in [5, 5.41) is 26.1. The standard InChI is InChI=1S/C29H11F29N6O3/c30-17(31,20(36,37)27(50,51)52)8-63(9-18(32,33)21(38,39)28(53,54)55)11-1-4-14(62-61-13-3-2-12(64(66)67)5-10(13)7-59)15(6-11)60-16(65)19(34,35)22(40,41)23(42,43)24(44,45)25(46,47)26(48,49)29(56,57)58/h1-6H,8-9H2,(H,60,65). The highest BCUT2D eigenvalue weighted by molar-refractivity contribution is 5.99. The third kappa shape index (κ3) is 9.66. The number of alkyl halides is 29. The van der Waals surface area contributed by atoms with Crippen LogP contribution in [0.2, 0.25) is 0 Å². The highest BCUT2D eigenvalue weighted by atomic mass is 19.4. The van der Waals surface area contributed by atoms with E-state index in [0.717, 1.165) is 6.07 Å². The molecule has 0 aliphatic carbocycles. The van der Waals surface area contributed by atoms with Gasteiger partial charge in [-0.05, 0) is 24.3 Å². The van der Waals surface area contributed by atoms with Crippen LogP contribution >= 0.6 is 0 Å². The van der Waals surface area contributed by atoms with Crippen molar-refractivity contribution >= 4 is 34.3 Å². The maximum atomic E-state index is 14.8. The molecule has 0 radical (unpaired) electrons. The van der Waals surface area contributed by atoms with Gasteiger partial charge in [-0.25, -0.2) is 0 Å². The number of hydrogen-bond acceptors (Lipinski definition) is 7. The van der Waals surface area contributed by atoms with Gasteiger partial charge in [0.2, 0.25) is 0 Å². The number of nitro groups is 1. The molecule has 2 aromatic carbocycles. The lowest BCUT2D eigenvalue weighted by Gasteiger charge is -2.41. The number of nitro benzene ring substituents is 1. The molecule has 0 atom stereocenters. The van der Waals surface area contributed by atoms with Gasteiger partial charge in [0.05, 0.1) is 29.3 Å². The van der Waals surface area contributed by atoms with Crippen LogP contribution in [0.1, 0.15) is 5.56 Å². The average molecular weight is 1040 g/mol. The van der Waals surface area contributed by atoms with Gasteiger partial charge in [0.25, 0.3) is 5.69 Å². The minimum Gasteiger partial charge on any atom is -0.359 e. The minimum absolute atomic E-state index is 0.0637. The van der Waals surface area contributed by atoms with Gasteiger partial charge in [0.15, 0.2) is 0 Å². The quantitative estimate of drug-likeness (QED) is 0.0731. The summed E-state index contributed by atoms with van der Waals surface area (Å²) >= 11 is 0. The number of azo groups is 1. The molecule has 0 heterocycles. The number of amides is 1. The Kier molecular flexibility index (Phi) is 14.6. The summed E-state index contributed by atoms with van der Waals surface area (Å²) in [6, 6.07) is 0.446. The zero-order chi connectivity index (χ0) is 53.2. The largest absolute Gasteiger partial charge is 0.460 e. The SMILES string of the molecule is N#Cc1cc([N+](=O)[O-])ccc1N=Nc1ccc(N(CC(F)(F)C(F)(F)C(F)(F)F)CC(F)(F)C(F)(F)C(F)(F)F)cc1NC(=O)C(F)(F)C(F)(F)C(F)(F)C(F)(F)C(F)(F)C(F)(F)C(F)(F)F. The number of rotatable bonds is 17. The van der Waals surface area contributed by atoms with E-state index in [1.165, 1.54) is 0 Å². The second-order valence-electron chi connectivity index (χ2n) is 12.8. The Bertz CT molecular complexity index is 2220. The molecule has 0 aromatic heterocycles. The van der Waals surface area contributed by atoms with Crippen molar-refractivity contribution in [3.63, 3.8) is 0 Å². The summed E-state index contributed by atoms with van der Waals surface area (Å²) in [5.74, 6) is -86.0. The zero-order valence-electron chi connectivity index (χ0n) is 30.3. The van der Waals surface area contributed by atoms with Gasteiger partial charge in [0, 0.05) is 17.8 Å². The van der Waals surface area contributed by atoms with Crippen LogP contribution < -0.4 is 10.2 Å². The predicted molar refractivity (Wildman–Crippen MR) is 157 cm³/mol. The molecule has 0 saturated carbocycles. The Hall–Kier alpha value is -5.83. The van der Waals surface area contributed by atoms with E-state index >= 15 is 0 Å². The highest BCUT2D eigenvalue weighted by Crippen LogP contribution is 2.62. The van der Waals surface area contributed by atoms with Crippen LogP contribution in [0.25, 0.3) is 0 Å². The normalized spacial score (nSPS) is 14.9. The van der Waals surface area contributed by atoms with Crippen LogP contribution in [0.5, 0.6) is 0 Å². The summed E-state index contributed by atoms with van der Waals surface area (Å²) in [4.78, 5) is 20.4. The van der Waals surface area contributed by atoms with Gasteiger partial charge < -0.3 is 10.2 Å². The van der Waals surface area contributed by atoms with Crippen molar-refractivity contribution in [3.8, 4) is 6.07 Å². The third-order valence-corrected chi connectivity index (χ3v) is 8.19. The lowest BCUT2D eigenvalue weighted by molar-refractivity contribution is -0.449. The first-order valence-corrected chi connectivity index (χ1v) is 15.7. The molecule has 9 nitrogen and oxygen atoms in total. The molecule has 38 heteroatoms. The Balaban J connectivity index is 3.06. The molecule has 0 spiro atoms. The molecule has 2 rings (SSSR count). The monoisotopic (exact) mass is 1040 g/mol. The fourth-order valence-electron chi connectivity index (χ4n) is 4.47. The summed E-state index contributed by atoms with van der Waals surface area (Å²) in [7, 11) is 0. The van der Waals surface area contributed by atoms with E-state index in [1.807, 2.05) is 0 Å². The molecule has 1 N–H and O–H groups in total. The number of nitrogens with zero attached hydrogens (tertiary/aromatic N) is 5. The summed E-state index contributed by atoms with van der Waals surface area (Å²) in [5.41, 5.74) is -9.82. The fourth-order valence-corrected chi connectivity index (χ4v) is 4.47. The van der Waals surface area contributed by atoms with Crippen molar-refractivity contribution in [3.05, 3.63) is 52.1 Å². The van der Waals surface area contributed by atoms with Crippen LogP contribution in [-0.2, 0) is 4.79 Å². The molecule has 1 amide bonds. The molecule has 0 fully saturated rings. The average Bonchev–Trinajstić information content (AvgIpc) is 3.14. The van der Waals surface area contributed by atoms with E-state index in [1.54, 1.807) is 0 Å². The molecule has 67 heavy (non-hydrogen) atoms. The van der Waals surface area contributed by atoms with Gasteiger partial charge in [-0.3, -0.25) is 14.9 Å². The number of anilines is 2. The van der Waals surface area contributed by atoms with Crippen molar-refractivity contribution in [2.24, 2.45) is 10.2 Å². The van der Waals surface area contributed by atoms with Crippen molar-refractivity contribution < 1.29 is 137 Å². The third-order valence-electron chi connectivity index (χ3n) is 8.19. The second-order valence-corrected chi connectivity index (χ2v) is 12.8. The summed E-state index contributed by atoms with van der Waals surface area (Å²) in [6.45, 7) is -7.81. The molecule has 0 saturated heterocycles. The molecule has 378 valence electrons. The number of nitrogens with one attached hydrogen (secondary N) is 1. The van der Waals surface area contributed by atoms with Gasteiger partial charge in [-0.15, -0.1) is 10.2 Å².